The zero-order valence-corrected chi connectivity index (χ0v) is 16.0. The Kier molecular flexibility index (Phi) is 6.18. The number of carbonyl (C=O) groups excluding carboxylic acids is 2. The van der Waals surface area contributed by atoms with Gasteiger partial charge in [-0.2, -0.15) is 5.10 Å². The molecule has 1 aromatic carbocycles. The van der Waals surface area contributed by atoms with E-state index in [4.69, 9.17) is 4.74 Å². The molecule has 0 atom stereocenters. The quantitative estimate of drug-likeness (QED) is 0.432. The Balaban J connectivity index is 1.46. The molecule has 0 saturated heterocycles. The normalized spacial score (nSPS) is 13.4. The van der Waals surface area contributed by atoms with E-state index in [1.165, 1.54) is 16.8 Å². The first kappa shape index (κ1) is 19.0. The molecule has 1 amide bonds. The Hall–Kier alpha value is -2.74. The number of amides is 1. The first-order valence-electron chi connectivity index (χ1n) is 8.55. The Morgan fingerprint density at radius 3 is 2.56 bits per heavy atom. The lowest BCUT2D eigenvalue weighted by molar-refractivity contribution is -0.149. The number of nitrogens with zero attached hydrogens (tertiary/aromatic N) is 4. The Bertz CT molecular complexity index is 850. The van der Waals surface area contributed by atoms with E-state index in [1.54, 1.807) is 0 Å². The van der Waals surface area contributed by atoms with Crippen molar-refractivity contribution in [2.75, 3.05) is 18.9 Å². The number of hydrogen-bond donors (Lipinski definition) is 0. The van der Waals surface area contributed by atoms with Gasteiger partial charge in [0.2, 0.25) is 0 Å². The number of esters is 1. The summed E-state index contributed by atoms with van der Waals surface area (Å²) in [6.07, 6.45) is 0.684. The second-order valence-electron chi connectivity index (χ2n) is 6.06. The van der Waals surface area contributed by atoms with Crippen molar-refractivity contribution in [2.45, 2.75) is 25.4 Å². The molecule has 8 heteroatoms. The van der Waals surface area contributed by atoms with Crippen LogP contribution in [0.2, 0.25) is 0 Å². The summed E-state index contributed by atoms with van der Waals surface area (Å²) >= 11 is 1.19. The van der Waals surface area contributed by atoms with Crippen LogP contribution in [-0.4, -0.2) is 51.5 Å². The van der Waals surface area contributed by atoms with Gasteiger partial charge < -0.3 is 4.74 Å². The van der Waals surface area contributed by atoms with Crippen molar-refractivity contribution < 1.29 is 14.3 Å². The minimum absolute atomic E-state index is 0.0503. The second-order valence-corrected chi connectivity index (χ2v) is 7.00. The van der Waals surface area contributed by atoms with Crippen molar-refractivity contribution in [3.05, 3.63) is 53.3 Å². The van der Waals surface area contributed by atoms with Crippen LogP contribution in [0.5, 0.6) is 0 Å². The molecule has 1 aromatic heterocycles. The molecule has 0 radical (unpaired) electrons. The van der Waals surface area contributed by atoms with Gasteiger partial charge in [0.15, 0.2) is 11.8 Å². The predicted molar refractivity (Wildman–Crippen MR) is 102 cm³/mol. The van der Waals surface area contributed by atoms with Crippen LogP contribution in [0.25, 0.3) is 0 Å². The summed E-state index contributed by atoms with van der Waals surface area (Å²) in [7, 11) is 0. The average Bonchev–Trinajstić information content (AvgIpc) is 3.15. The summed E-state index contributed by atoms with van der Waals surface area (Å²) in [5.41, 5.74) is 3.54. The van der Waals surface area contributed by atoms with E-state index in [9.17, 15) is 9.59 Å². The molecule has 2 heterocycles. The topological polar surface area (TPSA) is 84.8 Å². The standard InChI is InChI=1S/C19H20N4O3S/c1-13-10-14(2)21-19(20-13)27-12-18(25)26-11-17(24)23-9-8-16(22-23)15-6-4-3-5-7-15/h3-7,10H,8-9,11-12H2,1-2H3. The van der Waals surface area contributed by atoms with Gasteiger partial charge in [0, 0.05) is 17.8 Å². The number of aryl methyl sites for hydroxylation is 2. The van der Waals surface area contributed by atoms with E-state index >= 15 is 0 Å². The van der Waals surface area contributed by atoms with Gasteiger partial charge in [0.1, 0.15) is 0 Å². The molecular formula is C19H20N4O3S. The first-order valence-corrected chi connectivity index (χ1v) is 9.54. The third-order valence-electron chi connectivity index (χ3n) is 3.83. The zero-order chi connectivity index (χ0) is 19.2. The van der Waals surface area contributed by atoms with E-state index in [2.05, 4.69) is 15.1 Å². The molecule has 0 saturated carbocycles. The van der Waals surface area contributed by atoms with Gasteiger partial charge in [-0.1, -0.05) is 42.1 Å². The first-order chi connectivity index (χ1) is 13.0. The van der Waals surface area contributed by atoms with Crippen LogP contribution in [0.3, 0.4) is 0 Å². The fourth-order valence-corrected chi connectivity index (χ4v) is 3.36. The summed E-state index contributed by atoms with van der Waals surface area (Å²) in [6, 6.07) is 11.6. The molecule has 0 aliphatic carbocycles. The minimum atomic E-state index is -0.484. The lowest BCUT2D eigenvalue weighted by Gasteiger charge is -2.11. The fraction of sp³-hybridized carbons (Fsp3) is 0.316. The van der Waals surface area contributed by atoms with E-state index in [1.807, 2.05) is 50.2 Å². The van der Waals surface area contributed by atoms with Crippen LogP contribution >= 0.6 is 11.8 Å². The van der Waals surface area contributed by atoms with Gasteiger partial charge in [0.05, 0.1) is 18.0 Å². The maximum absolute atomic E-state index is 12.2. The van der Waals surface area contributed by atoms with Gasteiger partial charge in [-0.05, 0) is 25.5 Å². The van der Waals surface area contributed by atoms with Gasteiger partial charge in [0.25, 0.3) is 5.91 Å². The maximum Gasteiger partial charge on any atom is 0.316 e. The zero-order valence-electron chi connectivity index (χ0n) is 15.2. The summed E-state index contributed by atoms with van der Waals surface area (Å²) in [4.78, 5) is 32.6. The molecule has 3 rings (SSSR count). The molecule has 7 nitrogen and oxygen atoms in total. The molecule has 0 N–H and O–H groups in total. The summed E-state index contributed by atoms with van der Waals surface area (Å²) in [5, 5.41) is 6.21. The van der Waals surface area contributed by atoms with Gasteiger partial charge >= 0.3 is 5.97 Å². The lowest BCUT2D eigenvalue weighted by atomic mass is 10.1. The summed E-state index contributed by atoms with van der Waals surface area (Å²) in [6.45, 7) is 3.91. The van der Waals surface area contributed by atoms with Crippen LogP contribution < -0.4 is 0 Å². The molecule has 0 spiro atoms. The Labute approximate surface area is 161 Å². The largest absolute Gasteiger partial charge is 0.455 e. The maximum atomic E-state index is 12.2. The van der Waals surface area contributed by atoms with Crippen LogP contribution in [0.4, 0.5) is 0 Å². The van der Waals surface area contributed by atoms with E-state index in [0.717, 1.165) is 22.7 Å². The molecule has 0 bridgehead atoms. The van der Waals surface area contributed by atoms with Crippen molar-refractivity contribution in [1.29, 1.82) is 0 Å². The number of aromatic nitrogens is 2. The second kappa shape index (κ2) is 8.77. The van der Waals surface area contributed by atoms with Crippen LogP contribution in [0.15, 0.2) is 46.7 Å². The van der Waals surface area contributed by atoms with Gasteiger partial charge in [-0.15, -0.1) is 0 Å². The highest BCUT2D eigenvalue weighted by molar-refractivity contribution is 7.99. The molecule has 140 valence electrons. The molecule has 1 aliphatic heterocycles. The summed E-state index contributed by atoms with van der Waals surface area (Å²) in [5.74, 6) is -0.765. The van der Waals surface area contributed by atoms with Crippen molar-refractivity contribution >= 4 is 29.4 Å². The number of benzene rings is 1. The third-order valence-corrected chi connectivity index (χ3v) is 4.66. The van der Waals surface area contributed by atoms with Gasteiger partial charge in [-0.25, -0.2) is 15.0 Å². The number of thioether (sulfide) groups is 1. The minimum Gasteiger partial charge on any atom is -0.455 e. The molecular weight excluding hydrogens is 364 g/mol. The van der Waals surface area contributed by atoms with E-state index < -0.39 is 5.97 Å². The molecule has 27 heavy (non-hydrogen) atoms. The van der Waals surface area contributed by atoms with Crippen molar-refractivity contribution in [2.24, 2.45) is 5.10 Å². The Morgan fingerprint density at radius 1 is 1.15 bits per heavy atom. The predicted octanol–water partition coefficient (Wildman–Crippen LogP) is 2.37. The van der Waals surface area contributed by atoms with Gasteiger partial charge in [-0.3, -0.25) is 9.59 Å². The SMILES string of the molecule is Cc1cc(C)nc(SCC(=O)OCC(=O)N2CCC(c3ccccc3)=N2)n1. The smallest absolute Gasteiger partial charge is 0.316 e. The third kappa shape index (κ3) is 5.37. The Morgan fingerprint density at radius 2 is 1.85 bits per heavy atom. The highest BCUT2D eigenvalue weighted by Gasteiger charge is 2.22. The number of hydrogen-bond acceptors (Lipinski definition) is 7. The lowest BCUT2D eigenvalue weighted by Crippen LogP contribution is -2.29. The number of rotatable bonds is 6. The highest BCUT2D eigenvalue weighted by atomic mass is 32.2. The van der Waals surface area contributed by atoms with Crippen LogP contribution in [-0.2, 0) is 14.3 Å². The van der Waals surface area contributed by atoms with E-state index in [-0.39, 0.29) is 18.3 Å². The monoisotopic (exact) mass is 384 g/mol. The van der Waals surface area contributed by atoms with Crippen molar-refractivity contribution in [3.63, 3.8) is 0 Å². The summed E-state index contributed by atoms with van der Waals surface area (Å²) < 4.78 is 5.06. The number of carbonyl (C=O) groups is 2. The van der Waals surface area contributed by atoms with Crippen LogP contribution in [0.1, 0.15) is 23.4 Å². The number of hydrazone groups is 1. The van der Waals surface area contributed by atoms with Crippen molar-refractivity contribution in [1.82, 2.24) is 15.0 Å². The molecule has 0 unspecified atom stereocenters. The van der Waals surface area contributed by atoms with E-state index in [0.29, 0.717) is 18.1 Å². The van der Waals surface area contributed by atoms with Crippen molar-refractivity contribution in [3.8, 4) is 0 Å². The molecule has 2 aromatic rings. The molecule has 1 aliphatic rings. The molecule has 0 fully saturated rings. The number of ether oxygens (including phenoxy) is 1. The highest BCUT2D eigenvalue weighted by Crippen LogP contribution is 2.15. The fourth-order valence-electron chi connectivity index (χ4n) is 2.61. The van der Waals surface area contributed by atoms with Crippen LogP contribution in [0, 0.1) is 13.8 Å². The average molecular weight is 384 g/mol.